The highest BCUT2D eigenvalue weighted by atomic mass is 16.1. The first-order valence-corrected chi connectivity index (χ1v) is 9.56. The molecule has 2 aromatic heterocycles. The van der Waals surface area contributed by atoms with E-state index in [-0.39, 0.29) is 23.0 Å². The Balaban J connectivity index is 1.80. The number of nitrogens with zero attached hydrogens (tertiary/aromatic N) is 3. The van der Waals surface area contributed by atoms with Gasteiger partial charge < -0.3 is 15.6 Å². The lowest BCUT2D eigenvalue weighted by atomic mass is 9.81. The lowest BCUT2D eigenvalue weighted by Crippen LogP contribution is -2.29. The largest absolute Gasteiger partial charge is 0.366 e. The van der Waals surface area contributed by atoms with Gasteiger partial charge in [-0.05, 0) is 37.5 Å². The average Bonchev–Trinajstić information content (AvgIpc) is 2.65. The SMILES string of the molecule is C[C@@H](CC1CCC1)n1c(=O)c(Nc2cnccc2C(N)=O)nc2ccccc21. The molecule has 1 saturated carbocycles. The van der Waals surface area contributed by atoms with Gasteiger partial charge in [0, 0.05) is 12.2 Å². The summed E-state index contributed by atoms with van der Waals surface area (Å²) in [5.74, 6) is 0.240. The summed E-state index contributed by atoms with van der Waals surface area (Å²) in [4.78, 5) is 33.5. The van der Waals surface area contributed by atoms with Crippen molar-refractivity contribution in [3.05, 3.63) is 58.6 Å². The molecule has 144 valence electrons. The summed E-state index contributed by atoms with van der Waals surface area (Å²) in [5.41, 5.74) is 7.38. The number of pyridine rings is 1. The zero-order valence-corrected chi connectivity index (χ0v) is 15.8. The molecule has 2 heterocycles. The average molecular weight is 377 g/mol. The van der Waals surface area contributed by atoms with Crippen molar-refractivity contribution in [2.45, 2.75) is 38.6 Å². The van der Waals surface area contributed by atoms with E-state index in [1.54, 1.807) is 0 Å². The van der Waals surface area contributed by atoms with Gasteiger partial charge in [0.05, 0.1) is 28.5 Å². The van der Waals surface area contributed by atoms with Crippen molar-refractivity contribution >= 4 is 28.4 Å². The van der Waals surface area contributed by atoms with E-state index in [4.69, 9.17) is 5.73 Å². The number of amides is 1. The van der Waals surface area contributed by atoms with Crippen molar-refractivity contribution in [1.82, 2.24) is 14.5 Å². The van der Waals surface area contributed by atoms with Gasteiger partial charge in [-0.15, -0.1) is 0 Å². The van der Waals surface area contributed by atoms with Crippen molar-refractivity contribution in [2.24, 2.45) is 11.7 Å². The molecular weight excluding hydrogens is 354 g/mol. The Bertz CT molecular complexity index is 1090. The molecule has 0 saturated heterocycles. The maximum Gasteiger partial charge on any atom is 0.294 e. The number of para-hydroxylation sites is 2. The maximum absolute atomic E-state index is 13.3. The number of hydrogen-bond donors (Lipinski definition) is 2. The van der Waals surface area contributed by atoms with E-state index in [1.165, 1.54) is 37.7 Å². The van der Waals surface area contributed by atoms with E-state index in [1.807, 2.05) is 28.8 Å². The summed E-state index contributed by atoms with van der Waals surface area (Å²) in [6, 6.07) is 9.17. The predicted molar refractivity (Wildman–Crippen MR) is 109 cm³/mol. The quantitative estimate of drug-likeness (QED) is 0.685. The molecule has 1 amide bonds. The van der Waals surface area contributed by atoms with Crippen LogP contribution >= 0.6 is 0 Å². The number of hydrogen-bond acceptors (Lipinski definition) is 5. The number of nitrogens with two attached hydrogens (primary N) is 1. The van der Waals surface area contributed by atoms with Gasteiger partial charge in [-0.25, -0.2) is 4.98 Å². The molecule has 1 aromatic carbocycles. The van der Waals surface area contributed by atoms with Crippen LogP contribution in [-0.4, -0.2) is 20.4 Å². The van der Waals surface area contributed by atoms with Crippen LogP contribution in [0.2, 0.25) is 0 Å². The molecule has 7 nitrogen and oxygen atoms in total. The van der Waals surface area contributed by atoms with Gasteiger partial charge in [-0.3, -0.25) is 14.6 Å². The molecule has 1 fully saturated rings. The zero-order chi connectivity index (χ0) is 19.7. The van der Waals surface area contributed by atoms with Crippen molar-refractivity contribution in [1.29, 1.82) is 0 Å². The number of carbonyl (C=O) groups is 1. The van der Waals surface area contributed by atoms with Crippen LogP contribution in [0.25, 0.3) is 11.0 Å². The number of aromatic nitrogens is 3. The third kappa shape index (κ3) is 3.35. The first-order valence-electron chi connectivity index (χ1n) is 9.56. The first-order chi connectivity index (χ1) is 13.5. The van der Waals surface area contributed by atoms with Crippen LogP contribution in [0.3, 0.4) is 0 Å². The number of nitrogens with one attached hydrogen (secondary N) is 1. The minimum Gasteiger partial charge on any atom is -0.366 e. The number of primary amides is 1. The highest BCUT2D eigenvalue weighted by Crippen LogP contribution is 2.34. The minimum absolute atomic E-state index is 0.0516. The van der Waals surface area contributed by atoms with E-state index in [9.17, 15) is 9.59 Å². The lowest BCUT2D eigenvalue weighted by Gasteiger charge is -2.29. The molecular formula is C21H23N5O2. The number of anilines is 2. The molecule has 3 aromatic rings. The fourth-order valence-electron chi connectivity index (χ4n) is 3.83. The van der Waals surface area contributed by atoms with E-state index in [2.05, 4.69) is 22.2 Å². The second-order valence-electron chi connectivity index (χ2n) is 7.42. The maximum atomic E-state index is 13.3. The Morgan fingerprint density at radius 2 is 2.11 bits per heavy atom. The van der Waals surface area contributed by atoms with E-state index < -0.39 is 5.91 Å². The third-order valence-corrected chi connectivity index (χ3v) is 5.47. The molecule has 1 aliphatic carbocycles. The van der Waals surface area contributed by atoms with Gasteiger partial charge in [0.1, 0.15) is 0 Å². The van der Waals surface area contributed by atoms with Gasteiger partial charge >= 0.3 is 0 Å². The van der Waals surface area contributed by atoms with Crippen LogP contribution in [0.1, 0.15) is 49.0 Å². The molecule has 0 unspecified atom stereocenters. The molecule has 28 heavy (non-hydrogen) atoms. The van der Waals surface area contributed by atoms with E-state index in [0.29, 0.717) is 11.6 Å². The van der Waals surface area contributed by atoms with E-state index >= 15 is 0 Å². The fraction of sp³-hybridized carbons (Fsp3) is 0.333. The van der Waals surface area contributed by atoms with Crippen molar-refractivity contribution in [3.63, 3.8) is 0 Å². The second kappa shape index (κ2) is 7.42. The monoisotopic (exact) mass is 377 g/mol. The van der Waals surface area contributed by atoms with Crippen LogP contribution in [0.4, 0.5) is 11.5 Å². The summed E-state index contributed by atoms with van der Waals surface area (Å²) in [5, 5.41) is 2.98. The normalized spacial score (nSPS) is 15.2. The smallest absolute Gasteiger partial charge is 0.294 e. The number of benzene rings is 1. The van der Waals surface area contributed by atoms with Crippen LogP contribution < -0.4 is 16.6 Å². The molecule has 1 atom stereocenters. The summed E-state index contributed by atoms with van der Waals surface area (Å²) >= 11 is 0. The van der Waals surface area contributed by atoms with Crippen LogP contribution in [0.15, 0.2) is 47.5 Å². The van der Waals surface area contributed by atoms with Gasteiger partial charge in [0.15, 0.2) is 5.82 Å². The van der Waals surface area contributed by atoms with Crippen LogP contribution in [-0.2, 0) is 0 Å². The summed E-state index contributed by atoms with van der Waals surface area (Å²) in [6.45, 7) is 2.08. The zero-order valence-electron chi connectivity index (χ0n) is 15.8. The Morgan fingerprint density at radius 3 is 2.82 bits per heavy atom. The predicted octanol–water partition coefficient (Wildman–Crippen LogP) is 3.39. The lowest BCUT2D eigenvalue weighted by molar-refractivity contribution is 0.100. The molecule has 0 radical (unpaired) electrons. The Morgan fingerprint density at radius 1 is 1.32 bits per heavy atom. The number of rotatable bonds is 6. The third-order valence-electron chi connectivity index (χ3n) is 5.47. The van der Waals surface area contributed by atoms with Gasteiger partial charge in [-0.1, -0.05) is 31.4 Å². The topological polar surface area (TPSA) is 103 Å². The molecule has 0 spiro atoms. The number of fused-ring (bicyclic) bond motifs is 1. The van der Waals surface area contributed by atoms with Crippen molar-refractivity contribution < 1.29 is 4.79 Å². The minimum atomic E-state index is -0.593. The van der Waals surface area contributed by atoms with Gasteiger partial charge in [-0.2, -0.15) is 0 Å². The molecule has 3 N–H and O–H groups in total. The van der Waals surface area contributed by atoms with Crippen molar-refractivity contribution in [2.75, 3.05) is 5.32 Å². The number of carbonyl (C=O) groups excluding carboxylic acids is 1. The molecule has 0 aliphatic heterocycles. The molecule has 0 bridgehead atoms. The second-order valence-corrected chi connectivity index (χ2v) is 7.42. The summed E-state index contributed by atoms with van der Waals surface area (Å²) < 4.78 is 1.81. The molecule has 1 aliphatic rings. The van der Waals surface area contributed by atoms with E-state index in [0.717, 1.165) is 17.5 Å². The fourth-order valence-corrected chi connectivity index (χ4v) is 3.83. The molecule has 4 rings (SSSR count). The van der Waals surface area contributed by atoms with Gasteiger partial charge in [0.2, 0.25) is 0 Å². The highest BCUT2D eigenvalue weighted by molar-refractivity contribution is 5.98. The summed E-state index contributed by atoms with van der Waals surface area (Å²) in [7, 11) is 0. The van der Waals surface area contributed by atoms with Crippen molar-refractivity contribution in [3.8, 4) is 0 Å². The van der Waals surface area contributed by atoms with Crippen LogP contribution in [0.5, 0.6) is 0 Å². The standard InChI is InChI=1S/C21H23N5O2/c1-13(11-14-5-4-6-14)26-18-8-3-2-7-16(18)24-20(21(26)28)25-17-12-23-10-9-15(17)19(22)27/h2-3,7-10,12-14H,4-6,11H2,1H3,(H2,22,27)(H,24,25)/t13-/m0/s1. The van der Waals surface area contributed by atoms with Gasteiger partial charge in [0.25, 0.3) is 11.5 Å². The first kappa shape index (κ1) is 18.2. The Kier molecular flexibility index (Phi) is 4.81. The Hall–Kier alpha value is -3.22. The summed E-state index contributed by atoms with van der Waals surface area (Å²) in [6.07, 6.45) is 7.65. The molecule has 7 heteroatoms. The van der Waals surface area contributed by atoms with Crippen LogP contribution in [0, 0.1) is 5.92 Å². The Labute approximate surface area is 162 Å². The highest BCUT2D eigenvalue weighted by Gasteiger charge is 2.23.